The fourth-order valence-electron chi connectivity index (χ4n) is 4.63. The number of ether oxygens (including phenoxy) is 1. The lowest BCUT2D eigenvalue weighted by molar-refractivity contribution is -0.151. The first-order chi connectivity index (χ1) is 11.7. The van der Waals surface area contributed by atoms with Gasteiger partial charge in [-0.2, -0.15) is 0 Å². The fraction of sp³-hybridized carbons (Fsp3) is 0.250. The molecule has 1 unspecified atom stereocenters. The highest BCUT2D eigenvalue weighted by Crippen LogP contribution is 2.60. The predicted octanol–water partition coefficient (Wildman–Crippen LogP) is 2.16. The zero-order valence-corrected chi connectivity index (χ0v) is 13.2. The van der Waals surface area contributed by atoms with Crippen molar-refractivity contribution in [1.29, 1.82) is 0 Å². The topological polar surface area (TPSA) is 60.4 Å². The smallest absolute Gasteiger partial charge is 0.310 e. The predicted molar refractivity (Wildman–Crippen MR) is 86.7 cm³/mol. The van der Waals surface area contributed by atoms with Gasteiger partial charge in [-0.25, -0.2) is 0 Å². The molecule has 0 heterocycles. The van der Waals surface area contributed by atoms with Crippen LogP contribution in [-0.4, -0.2) is 25.7 Å². The first-order valence-corrected chi connectivity index (χ1v) is 7.86. The molecule has 0 amide bonds. The van der Waals surface area contributed by atoms with E-state index in [0.717, 1.165) is 34.8 Å². The minimum Gasteiger partial charge on any atom is -0.469 e. The number of methoxy groups -OCH3 is 1. The number of carbonyl (C=O) groups excluding carboxylic acids is 3. The molecular formula is C20H16O4. The van der Waals surface area contributed by atoms with Crippen molar-refractivity contribution in [3.8, 4) is 0 Å². The van der Waals surface area contributed by atoms with Crippen molar-refractivity contribution < 1.29 is 19.1 Å². The van der Waals surface area contributed by atoms with Gasteiger partial charge in [0, 0.05) is 0 Å². The van der Waals surface area contributed by atoms with Crippen LogP contribution in [0.4, 0.5) is 0 Å². The summed E-state index contributed by atoms with van der Waals surface area (Å²) in [6.45, 7) is 0. The minimum absolute atomic E-state index is 0.246. The monoisotopic (exact) mass is 320 g/mol. The first-order valence-electron chi connectivity index (χ1n) is 7.86. The van der Waals surface area contributed by atoms with Crippen molar-refractivity contribution >= 4 is 18.5 Å². The standard InChI is InChI=1S/C20H16O4/c1-24-18(23)17-10-19(11-21)13-6-2-4-8-15(13)20(17,12-22)16-9-5-3-7-14(16)19/h2-9,11-12,17H,10H2,1H3. The van der Waals surface area contributed by atoms with Crippen LogP contribution in [0.3, 0.4) is 0 Å². The molecule has 0 radical (unpaired) electrons. The van der Waals surface area contributed by atoms with Crippen LogP contribution in [0.2, 0.25) is 0 Å². The number of esters is 1. The van der Waals surface area contributed by atoms with E-state index in [2.05, 4.69) is 0 Å². The molecule has 0 saturated heterocycles. The minimum atomic E-state index is -1.11. The Balaban J connectivity index is 2.18. The number of benzene rings is 2. The summed E-state index contributed by atoms with van der Waals surface area (Å²) in [7, 11) is 1.31. The molecule has 3 aliphatic carbocycles. The van der Waals surface area contributed by atoms with E-state index in [4.69, 9.17) is 4.74 Å². The first kappa shape index (κ1) is 14.8. The Morgan fingerprint density at radius 2 is 1.46 bits per heavy atom. The Bertz CT molecular complexity index is 820. The summed E-state index contributed by atoms with van der Waals surface area (Å²) in [5, 5.41) is 0. The third kappa shape index (κ3) is 1.46. The fourth-order valence-corrected chi connectivity index (χ4v) is 4.63. The highest BCUT2D eigenvalue weighted by Gasteiger charge is 2.63. The van der Waals surface area contributed by atoms with Gasteiger partial charge in [0.1, 0.15) is 12.6 Å². The average molecular weight is 320 g/mol. The van der Waals surface area contributed by atoms with E-state index in [1.54, 1.807) is 0 Å². The van der Waals surface area contributed by atoms with Gasteiger partial charge >= 0.3 is 5.97 Å². The number of fused-ring (bicyclic) bond motifs is 1. The van der Waals surface area contributed by atoms with Crippen LogP contribution in [0.1, 0.15) is 28.7 Å². The summed E-state index contributed by atoms with van der Waals surface area (Å²) in [4.78, 5) is 37.2. The number of hydrogen-bond acceptors (Lipinski definition) is 4. The van der Waals surface area contributed by atoms with Crippen LogP contribution in [0.15, 0.2) is 48.5 Å². The summed E-state index contributed by atoms with van der Waals surface area (Å²) in [6.07, 6.45) is 2.00. The summed E-state index contributed by atoms with van der Waals surface area (Å²) in [5.74, 6) is -1.17. The van der Waals surface area contributed by atoms with Crippen molar-refractivity contribution in [2.75, 3.05) is 7.11 Å². The average Bonchev–Trinajstić information content (AvgIpc) is 2.67. The molecular weight excluding hydrogens is 304 g/mol. The lowest BCUT2D eigenvalue weighted by atomic mass is 9.46. The molecule has 2 aromatic carbocycles. The van der Waals surface area contributed by atoms with Gasteiger partial charge in [0.25, 0.3) is 0 Å². The third-order valence-corrected chi connectivity index (χ3v) is 5.66. The zero-order valence-electron chi connectivity index (χ0n) is 13.2. The van der Waals surface area contributed by atoms with Gasteiger partial charge in [0.2, 0.25) is 0 Å². The largest absolute Gasteiger partial charge is 0.469 e. The lowest BCUT2D eigenvalue weighted by Crippen LogP contribution is -2.58. The normalized spacial score (nSPS) is 29.3. The lowest BCUT2D eigenvalue weighted by Gasteiger charge is -2.54. The summed E-state index contributed by atoms with van der Waals surface area (Å²) < 4.78 is 4.98. The molecule has 120 valence electrons. The van der Waals surface area contributed by atoms with Gasteiger partial charge in [-0.05, 0) is 28.7 Å². The zero-order chi connectivity index (χ0) is 16.9. The van der Waals surface area contributed by atoms with E-state index < -0.39 is 22.7 Å². The van der Waals surface area contributed by atoms with Crippen LogP contribution in [-0.2, 0) is 30.0 Å². The van der Waals surface area contributed by atoms with Gasteiger partial charge in [-0.1, -0.05) is 48.5 Å². The SMILES string of the molecule is COC(=O)C1CC2(C=O)c3ccccc3C1(C=O)c1ccccc12. The van der Waals surface area contributed by atoms with Gasteiger partial charge in [-0.15, -0.1) is 0 Å². The quantitative estimate of drug-likeness (QED) is 0.642. The highest BCUT2D eigenvalue weighted by atomic mass is 16.5. The van der Waals surface area contributed by atoms with Crippen molar-refractivity contribution in [1.82, 2.24) is 0 Å². The van der Waals surface area contributed by atoms with Gasteiger partial charge < -0.3 is 14.3 Å². The van der Waals surface area contributed by atoms with Crippen molar-refractivity contribution in [3.63, 3.8) is 0 Å². The summed E-state index contributed by atoms with van der Waals surface area (Å²) in [5.41, 5.74) is 1.05. The molecule has 0 aliphatic heterocycles. The molecule has 4 heteroatoms. The van der Waals surface area contributed by atoms with Crippen LogP contribution in [0.25, 0.3) is 0 Å². The Morgan fingerprint density at radius 1 is 0.958 bits per heavy atom. The summed E-state index contributed by atoms with van der Waals surface area (Å²) >= 11 is 0. The van der Waals surface area contributed by atoms with Crippen LogP contribution in [0.5, 0.6) is 0 Å². The summed E-state index contributed by atoms with van der Waals surface area (Å²) in [6, 6.07) is 14.8. The molecule has 2 aromatic rings. The van der Waals surface area contributed by atoms with E-state index in [-0.39, 0.29) is 6.42 Å². The Labute approximate surface area is 139 Å². The Morgan fingerprint density at radius 3 is 1.88 bits per heavy atom. The highest BCUT2D eigenvalue weighted by molar-refractivity contribution is 5.95. The van der Waals surface area contributed by atoms with E-state index in [1.807, 2.05) is 48.5 Å². The molecule has 0 N–H and O–H groups in total. The van der Waals surface area contributed by atoms with Crippen molar-refractivity contribution in [2.24, 2.45) is 5.92 Å². The second-order valence-corrected chi connectivity index (χ2v) is 6.45. The van der Waals surface area contributed by atoms with E-state index in [9.17, 15) is 14.4 Å². The maximum absolute atomic E-state index is 12.5. The van der Waals surface area contributed by atoms with Crippen LogP contribution >= 0.6 is 0 Å². The molecule has 5 rings (SSSR count). The molecule has 3 aliphatic rings. The molecule has 0 fully saturated rings. The maximum Gasteiger partial charge on any atom is 0.310 e. The van der Waals surface area contributed by atoms with Crippen molar-refractivity contribution in [2.45, 2.75) is 17.3 Å². The molecule has 1 atom stereocenters. The Hall–Kier alpha value is -2.75. The number of carbonyl (C=O) groups is 3. The van der Waals surface area contributed by atoms with E-state index >= 15 is 0 Å². The molecule has 24 heavy (non-hydrogen) atoms. The van der Waals surface area contributed by atoms with Crippen LogP contribution < -0.4 is 0 Å². The van der Waals surface area contributed by atoms with E-state index in [0.29, 0.717) is 0 Å². The molecule has 2 bridgehead atoms. The molecule has 0 saturated carbocycles. The molecule has 4 nitrogen and oxygen atoms in total. The van der Waals surface area contributed by atoms with Gasteiger partial charge in [-0.3, -0.25) is 4.79 Å². The van der Waals surface area contributed by atoms with Crippen LogP contribution in [0, 0.1) is 5.92 Å². The maximum atomic E-state index is 12.5. The second-order valence-electron chi connectivity index (χ2n) is 6.45. The number of aldehydes is 2. The number of rotatable bonds is 3. The Kier molecular flexibility index (Phi) is 3.01. The van der Waals surface area contributed by atoms with Gasteiger partial charge in [0.15, 0.2) is 0 Å². The molecule has 0 spiro atoms. The van der Waals surface area contributed by atoms with Crippen molar-refractivity contribution in [3.05, 3.63) is 70.8 Å². The third-order valence-electron chi connectivity index (χ3n) is 5.66. The van der Waals surface area contributed by atoms with Gasteiger partial charge in [0.05, 0.1) is 23.9 Å². The van der Waals surface area contributed by atoms with E-state index in [1.165, 1.54) is 7.11 Å². The molecule has 0 aromatic heterocycles. The second kappa shape index (κ2) is 4.87. The number of hydrogen-bond donors (Lipinski definition) is 0.